The first-order valence-corrected chi connectivity index (χ1v) is 12.4. The van der Waals surface area contributed by atoms with E-state index in [1.165, 1.54) is 38.1 Å². The number of hydrogen-bond donors (Lipinski definition) is 0. The second-order valence-electron chi connectivity index (χ2n) is 8.42. The number of esters is 1. The molecule has 1 fully saturated rings. The second kappa shape index (κ2) is 10.4. The Labute approximate surface area is 204 Å². The fourth-order valence-electron chi connectivity index (χ4n) is 4.54. The van der Waals surface area contributed by atoms with Crippen LogP contribution in [0.3, 0.4) is 0 Å². The lowest BCUT2D eigenvalue weighted by Crippen LogP contribution is -2.57. The first kappa shape index (κ1) is 23.9. The summed E-state index contributed by atoms with van der Waals surface area (Å²) < 4.78 is 9.12. The van der Waals surface area contributed by atoms with Crippen LogP contribution in [0.15, 0.2) is 47.4 Å². The minimum absolute atomic E-state index is 0.197. The van der Waals surface area contributed by atoms with Gasteiger partial charge in [0, 0.05) is 29.4 Å². The number of nitrogens with zero attached hydrogens (tertiary/aromatic N) is 2. The highest BCUT2D eigenvalue weighted by molar-refractivity contribution is 8.02. The molecule has 4 rings (SSSR count). The number of benzene rings is 2. The van der Waals surface area contributed by atoms with Crippen LogP contribution in [0.4, 0.5) is 5.69 Å². The number of methoxy groups -OCH3 is 2. The van der Waals surface area contributed by atoms with Gasteiger partial charge in [0.15, 0.2) is 0 Å². The van der Waals surface area contributed by atoms with Crippen molar-refractivity contribution in [1.29, 1.82) is 0 Å². The van der Waals surface area contributed by atoms with Crippen LogP contribution < -0.4 is 9.64 Å². The number of amides is 1. The molecule has 0 bridgehead atoms. The molecule has 6 nitrogen and oxygen atoms in total. The molecule has 176 valence electrons. The number of rotatable bonds is 7. The Morgan fingerprint density at radius 3 is 2.61 bits per heavy atom. The van der Waals surface area contributed by atoms with Crippen molar-refractivity contribution in [2.75, 3.05) is 45.3 Å². The topological polar surface area (TPSA) is 59.1 Å². The van der Waals surface area contributed by atoms with E-state index >= 15 is 0 Å². The molecule has 0 aromatic heterocycles. The standard InChI is InChI=1S/C25H29ClN2O4S/c1-31-20-8-6-7-18(15-20)17-25(24(30)32-2)23(29)28(14-13-27-11-4-3-5-12-27)21-16-19(26)9-10-22(21)33-25/h6-10,15-16H,3-5,11-14,17H2,1-2H3. The van der Waals surface area contributed by atoms with Crippen LogP contribution in [0.5, 0.6) is 5.75 Å². The quantitative estimate of drug-likeness (QED) is 0.424. The van der Waals surface area contributed by atoms with Gasteiger partial charge < -0.3 is 19.3 Å². The largest absolute Gasteiger partial charge is 0.497 e. The molecule has 0 spiro atoms. The Bertz CT molecular complexity index is 1030. The third-order valence-electron chi connectivity index (χ3n) is 6.28. The fraction of sp³-hybridized carbons (Fsp3) is 0.440. The molecule has 2 aliphatic rings. The normalized spacial score (nSPS) is 20.9. The van der Waals surface area contributed by atoms with Crippen LogP contribution in [0.2, 0.25) is 5.02 Å². The second-order valence-corrected chi connectivity index (χ2v) is 10.2. The summed E-state index contributed by atoms with van der Waals surface area (Å²) in [5.41, 5.74) is 1.58. The Hall–Kier alpha value is -2.22. The Morgan fingerprint density at radius 1 is 1.09 bits per heavy atom. The number of anilines is 1. The van der Waals surface area contributed by atoms with Crippen molar-refractivity contribution in [2.24, 2.45) is 0 Å². The average Bonchev–Trinajstić information content (AvgIpc) is 2.84. The van der Waals surface area contributed by atoms with E-state index in [4.69, 9.17) is 21.1 Å². The van der Waals surface area contributed by atoms with Gasteiger partial charge in [0.25, 0.3) is 5.91 Å². The summed E-state index contributed by atoms with van der Waals surface area (Å²) in [5, 5.41) is 0.559. The van der Waals surface area contributed by atoms with Crippen LogP contribution in [0, 0.1) is 0 Å². The van der Waals surface area contributed by atoms with Crippen molar-refractivity contribution in [2.45, 2.75) is 35.3 Å². The fourth-order valence-corrected chi connectivity index (χ4v) is 6.10. The summed E-state index contributed by atoms with van der Waals surface area (Å²) in [6.07, 6.45) is 3.80. The minimum atomic E-state index is -1.43. The van der Waals surface area contributed by atoms with E-state index in [1.807, 2.05) is 36.4 Å². The van der Waals surface area contributed by atoms with Crippen LogP contribution >= 0.6 is 23.4 Å². The number of likely N-dealkylation sites (tertiary alicyclic amines) is 1. The molecular weight excluding hydrogens is 460 g/mol. The monoisotopic (exact) mass is 488 g/mol. The molecule has 1 unspecified atom stereocenters. The molecule has 2 aromatic rings. The molecule has 0 radical (unpaired) electrons. The highest BCUT2D eigenvalue weighted by Crippen LogP contribution is 2.48. The zero-order valence-corrected chi connectivity index (χ0v) is 20.6. The maximum Gasteiger partial charge on any atom is 0.332 e. The number of thioether (sulfide) groups is 1. The van der Waals surface area contributed by atoms with Gasteiger partial charge in [0.1, 0.15) is 5.75 Å². The summed E-state index contributed by atoms with van der Waals surface area (Å²) >= 11 is 7.55. The van der Waals surface area contributed by atoms with Gasteiger partial charge in [-0.3, -0.25) is 4.79 Å². The third kappa shape index (κ3) is 5.00. The van der Waals surface area contributed by atoms with E-state index in [9.17, 15) is 9.59 Å². The van der Waals surface area contributed by atoms with Gasteiger partial charge in [0.05, 0.1) is 19.9 Å². The maximum atomic E-state index is 14.1. The van der Waals surface area contributed by atoms with Crippen molar-refractivity contribution in [3.8, 4) is 5.75 Å². The predicted octanol–water partition coefficient (Wildman–Crippen LogP) is 4.43. The Balaban J connectivity index is 1.72. The van der Waals surface area contributed by atoms with Crippen molar-refractivity contribution in [3.63, 3.8) is 0 Å². The molecule has 1 atom stereocenters. The van der Waals surface area contributed by atoms with Gasteiger partial charge in [0.2, 0.25) is 4.75 Å². The summed E-state index contributed by atoms with van der Waals surface area (Å²) in [7, 11) is 2.93. The molecule has 2 heterocycles. The maximum absolute atomic E-state index is 14.1. The molecule has 1 saturated heterocycles. The first-order valence-electron chi connectivity index (χ1n) is 11.2. The van der Waals surface area contributed by atoms with Crippen LogP contribution in [0.25, 0.3) is 0 Å². The van der Waals surface area contributed by atoms with Crippen molar-refractivity contribution in [1.82, 2.24) is 4.90 Å². The number of halogens is 1. The number of hydrogen-bond acceptors (Lipinski definition) is 6. The SMILES string of the molecule is COC(=O)C1(Cc2cccc(OC)c2)Sc2ccc(Cl)cc2N(CCN2CCCCC2)C1=O. The third-order valence-corrected chi connectivity index (χ3v) is 7.91. The number of piperidine rings is 1. The van der Waals surface area contributed by atoms with E-state index < -0.39 is 10.7 Å². The highest BCUT2D eigenvalue weighted by Gasteiger charge is 2.54. The molecule has 2 aromatic carbocycles. The van der Waals surface area contributed by atoms with E-state index in [0.717, 1.165) is 35.8 Å². The number of fused-ring (bicyclic) bond motifs is 1. The van der Waals surface area contributed by atoms with Crippen LogP contribution in [-0.4, -0.2) is 61.9 Å². The van der Waals surface area contributed by atoms with Crippen molar-refractivity contribution in [3.05, 3.63) is 53.1 Å². The smallest absolute Gasteiger partial charge is 0.332 e. The van der Waals surface area contributed by atoms with Gasteiger partial charge in [-0.15, -0.1) is 0 Å². The van der Waals surface area contributed by atoms with Crippen molar-refractivity contribution < 1.29 is 19.1 Å². The molecule has 0 aliphatic carbocycles. The number of carbonyl (C=O) groups is 2. The van der Waals surface area contributed by atoms with Gasteiger partial charge >= 0.3 is 5.97 Å². The first-order chi connectivity index (χ1) is 16.0. The van der Waals surface area contributed by atoms with Crippen LogP contribution in [0.1, 0.15) is 24.8 Å². The Kier molecular flexibility index (Phi) is 7.51. The molecule has 0 saturated carbocycles. The molecular formula is C25H29ClN2O4S. The summed E-state index contributed by atoms with van der Waals surface area (Å²) in [5.74, 6) is -0.146. The molecule has 8 heteroatoms. The van der Waals surface area contributed by atoms with Gasteiger partial charge in [-0.2, -0.15) is 0 Å². The Morgan fingerprint density at radius 2 is 1.88 bits per heavy atom. The molecule has 33 heavy (non-hydrogen) atoms. The molecule has 1 amide bonds. The summed E-state index contributed by atoms with van der Waals surface area (Å²) in [6, 6.07) is 12.9. The lowest BCUT2D eigenvalue weighted by atomic mass is 9.95. The van der Waals surface area contributed by atoms with Crippen molar-refractivity contribution >= 4 is 40.9 Å². The summed E-state index contributed by atoms with van der Waals surface area (Å²) in [6.45, 7) is 3.30. The molecule has 2 aliphatic heterocycles. The lowest BCUT2D eigenvalue weighted by Gasteiger charge is -2.41. The van der Waals surface area contributed by atoms with E-state index in [2.05, 4.69) is 4.90 Å². The minimum Gasteiger partial charge on any atom is -0.497 e. The lowest BCUT2D eigenvalue weighted by molar-refractivity contribution is -0.147. The number of carbonyl (C=O) groups excluding carboxylic acids is 2. The predicted molar refractivity (Wildman–Crippen MR) is 131 cm³/mol. The molecule has 0 N–H and O–H groups in total. The average molecular weight is 489 g/mol. The van der Waals surface area contributed by atoms with E-state index in [-0.39, 0.29) is 12.3 Å². The van der Waals surface area contributed by atoms with E-state index in [1.54, 1.807) is 18.1 Å². The van der Waals surface area contributed by atoms with Gasteiger partial charge in [-0.1, -0.05) is 41.9 Å². The van der Waals surface area contributed by atoms with E-state index in [0.29, 0.717) is 17.3 Å². The van der Waals surface area contributed by atoms with Gasteiger partial charge in [-0.05, 0) is 61.8 Å². The highest BCUT2D eigenvalue weighted by atomic mass is 35.5. The van der Waals surface area contributed by atoms with Gasteiger partial charge in [-0.25, -0.2) is 4.79 Å². The zero-order valence-electron chi connectivity index (χ0n) is 19.0. The number of ether oxygens (including phenoxy) is 2. The zero-order chi connectivity index (χ0) is 23.4. The van der Waals surface area contributed by atoms with Crippen LogP contribution in [-0.2, 0) is 20.7 Å². The summed E-state index contributed by atoms with van der Waals surface area (Å²) in [4.78, 5) is 32.2.